The molecule has 0 aliphatic heterocycles. The zero-order valence-corrected chi connectivity index (χ0v) is 13.3. The number of nitrogens with zero attached hydrogens (tertiary/aromatic N) is 5. The van der Waals surface area contributed by atoms with Gasteiger partial charge >= 0.3 is 11.8 Å². The van der Waals surface area contributed by atoms with Crippen LogP contribution in [0.15, 0.2) is 57.8 Å². The van der Waals surface area contributed by atoms with Crippen molar-refractivity contribution in [1.29, 1.82) is 0 Å². The number of ether oxygens (including phenoxy) is 1. The predicted molar refractivity (Wildman–Crippen MR) is 87.4 cm³/mol. The van der Waals surface area contributed by atoms with Crippen molar-refractivity contribution in [2.24, 2.45) is 0 Å². The van der Waals surface area contributed by atoms with Crippen molar-refractivity contribution in [3.8, 4) is 40.3 Å². The van der Waals surface area contributed by atoms with Gasteiger partial charge in [-0.1, -0.05) is 22.4 Å². The molecular weight excluding hydrogens is 322 g/mol. The summed E-state index contributed by atoms with van der Waals surface area (Å²) >= 11 is 0. The van der Waals surface area contributed by atoms with Crippen LogP contribution in [0.25, 0.3) is 34.6 Å². The minimum atomic E-state index is 0.157. The molecule has 0 unspecified atom stereocenters. The summed E-state index contributed by atoms with van der Waals surface area (Å²) in [6.07, 6.45) is 3.31. The second-order valence-corrected chi connectivity index (χ2v) is 5.04. The Morgan fingerprint density at radius 1 is 0.880 bits per heavy atom. The minimum Gasteiger partial charge on any atom is -0.494 e. The summed E-state index contributed by atoms with van der Waals surface area (Å²) in [6.45, 7) is 2.51. The second kappa shape index (κ2) is 6.52. The van der Waals surface area contributed by atoms with Crippen molar-refractivity contribution in [2.45, 2.75) is 6.92 Å². The van der Waals surface area contributed by atoms with Gasteiger partial charge in [0, 0.05) is 23.5 Å². The van der Waals surface area contributed by atoms with E-state index in [2.05, 4.69) is 25.3 Å². The van der Waals surface area contributed by atoms with Gasteiger partial charge in [-0.05, 0) is 31.2 Å². The molecule has 0 aliphatic carbocycles. The molecule has 0 atom stereocenters. The molecule has 3 aromatic heterocycles. The maximum absolute atomic E-state index is 5.48. The van der Waals surface area contributed by atoms with Crippen LogP contribution >= 0.6 is 0 Å². The molecule has 4 rings (SSSR count). The molecule has 0 amide bonds. The van der Waals surface area contributed by atoms with Crippen molar-refractivity contribution in [3.63, 3.8) is 0 Å². The van der Waals surface area contributed by atoms with Crippen molar-refractivity contribution in [3.05, 3.63) is 48.8 Å². The zero-order valence-electron chi connectivity index (χ0n) is 13.3. The Morgan fingerprint density at radius 2 is 1.56 bits per heavy atom. The standard InChI is InChI=1S/C17H13N5O3/c1-2-23-13-5-3-4-12(10-13)15-20-17(25-22-15)16-19-14(21-24-16)11-6-8-18-9-7-11/h3-10H,2H2,1H3. The molecule has 4 aromatic rings. The van der Waals surface area contributed by atoms with Crippen LogP contribution in [-0.4, -0.2) is 31.9 Å². The maximum atomic E-state index is 5.48. The summed E-state index contributed by atoms with van der Waals surface area (Å²) in [4.78, 5) is 12.6. The molecule has 0 saturated carbocycles. The van der Waals surface area contributed by atoms with E-state index < -0.39 is 0 Å². The van der Waals surface area contributed by atoms with Gasteiger partial charge in [0.05, 0.1) is 6.61 Å². The number of benzene rings is 1. The molecule has 0 bridgehead atoms. The van der Waals surface area contributed by atoms with Gasteiger partial charge < -0.3 is 13.8 Å². The quantitative estimate of drug-likeness (QED) is 0.548. The van der Waals surface area contributed by atoms with Gasteiger partial charge in [-0.15, -0.1) is 0 Å². The third kappa shape index (κ3) is 3.09. The van der Waals surface area contributed by atoms with Gasteiger partial charge in [0.2, 0.25) is 11.6 Å². The SMILES string of the molecule is CCOc1cccc(-c2noc(-c3nc(-c4ccncc4)no3)n2)c1. The van der Waals surface area contributed by atoms with E-state index in [1.165, 1.54) is 0 Å². The number of aromatic nitrogens is 5. The lowest BCUT2D eigenvalue weighted by atomic mass is 10.2. The first-order chi connectivity index (χ1) is 12.3. The Kier molecular flexibility index (Phi) is 3.91. The molecule has 124 valence electrons. The highest BCUT2D eigenvalue weighted by molar-refractivity contribution is 5.59. The summed E-state index contributed by atoms with van der Waals surface area (Å²) in [6, 6.07) is 11.0. The number of pyridine rings is 1. The van der Waals surface area contributed by atoms with E-state index in [1.807, 2.05) is 31.2 Å². The van der Waals surface area contributed by atoms with Gasteiger partial charge in [0.15, 0.2) is 0 Å². The van der Waals surface area contributed by atoms with Crippen molar-refractivity contribution in [2.75, 3.05) is 6.61 Å². The van der Waals surface area contributed by atoms with E-state index in [1.54, 1.807) is 24.5 Å². The Bertz CT molecular complexity index is 981. The largest absolute Gasteiger partial charge is 0.494 e. The third-order valence-electron chi connectivity index (χ3n) is 3.38. The third-order valence-corrected chi connectivity index (χ3v) is 3.38. The van der Waals surface area contributed by atoms with Gasteiger partial charge in [-0.3, -0.25) is 4.98 Å². The fraction of sp³-hybridized carbons (Fsp3) is 0.118. The van der Waals surface area contributed by atoms with Crippen molar-refractivity contribution < 1.29 is 13.8 Å². The maximum Gasteiger partial charge on any atom is 0.316 e. The molecule has 0 N–H and O–H groups in total. The van der Waals surface area contributed by atoms with Crippen LogP contribution in [0.3, 0.4) is 0 Å². The topological polar surface area (TPSA) is 100.0 Å². The molecule has 0 radical (unpaired) electrons. The molecule has 0 saturated heterocycles. The highest BCUT2D eigenvalue weighted by Gasteiger charge is 2.18. The summed E-state index contributed by atoms with van der Waals surface area (Å²) in [5.74, 6) is 1.90. The number of rotatable bonds is 5. The van der Waals surface area contributed by atoms with E-state index in [9.17, 15) is 0 Å². The molecule has 3 heterocycles. The summed E-state index contributed by atoms with van der Waals surface area (Å²) in [5.41, 5.74) is 1.56. The van der Waals surface area contributed by atoms with E-state index in [0.29, 0.717) is 18.3 Å². The molecule has 8 nitrogen and oxygen atoms in total. The fourth-order valence-corrected chi connectivity index (χ4v) is 2.25. The molecule has 1 aromatic carbocycles. The average Bonchev–Trinajstić information content (AvgIpc) is 3.33. The van der Waals surface area contributed by atoms with Crippen LogP contribution < -0.4 is 4.74 Å². The van der Waals surface area contributed by atoms with E-state index in [-0.39, 0.29) is 11.8 Å². The van der Waals surface area contributed by atoms with Crippen LogP contribution in [-0.2, 0) is 0 Å². The van der Waals surface area contributed by atoms with Gasteiger partial charge in [0.25, 0.3) is 0 Å². The molecule has 25 heavy (non-hydrogen) atoms. The fourth-order valence-electron chi connectivity index (χ4n) is 2.25. The van der Waals surface area contributed by atoms with E-state index in [0.717, 1.165) is 16.9 Å². The average molecular weight is 335 g/mol. The Hall–Kier alpha value is -3.55. The highest BCUT2D eigenvalue weighted by Crippen LogP contribution is 2.25. The van der Waals surface area contributed by atoms with Gasteiger partial charge in [-0.2, -0.15) is 9.97 Å². The van der Waals surface area contributed by atoms with Crippen LogP contribution in [0.4, 0.5) is 0 Å². The lowest BCUT2D eigenvalue weighted by molar-refractivity contribution is 0.340. The molecule has 0 aliphatic rings. The normalized spacial score (nSPS) is 10.8. The van der Waals surface area contributed by atoms with Crippen molar-refractivity contribution in [1.82, 2.24) is 25.3 Å². The Labute approximate surface area is 142 Å². The summed E-state index contributed by atoms with van der Waals surface area (Å²) in [5, 5.41) is 7.89. The second-order valence-electron chi connectivity index (χ2n) is 5.04. The summed E-state index contributed by atoms with van der Waals surface area (Å²) in [7, 11) is 0. The van der Waals surface area contributed by atoms with Gasteiger partial charge in [0.1, 0.15) is 5.75 Å². The molecule has 0 fully saturated rings. The first-order valence-corrected chi connectivity index (χ1v) is 7.65. The summed E-state index contributed by atoms with van der Waals surface area (Å²) < 4.78 is 15.9. The lowest BCUT2D eigenvalue weighted by Gasteiger charge is -2.02. The molecule has 8 heteroatoms. The van der Waals surface area contributed by atoms with E-state index in [4.69, 9.17) is 13.8 Å². The van der Waals surface area contributed by atoms with Crippen LogP contribution in [0.2, 0.25) is 0 Å². The molecule has 0 spiro atoms. The van der Waals surface area contributed by atoms with E-state index >= 15 is 0 Å². The predicted octanol–water partition coefficient (Wildman–Crippen LogP) is 3.25. The lowest BCUT2D eigenvalue weighted by Crippen LogP contribution is -1.91. The first-order valence-electron chi connectivity index (χ1n) is 7.65. The van der Waals surface area contributed by atoms with Crippen molar-refractivity contribution >= 4 is 0 Å². The highest BCUT2D eigenvalue weighted by atomic mass is 16.5. The van der Waals surface area contributed by atoms with Crippen LogP contribution in [0, 0.1) is 0 Å². The minimum absolute atomic E-state index is 0.157. The number of hydrogen-bond acceptors (Lipinski definition) is 8. The smallest absolute Gasteiger partial charge is 0.316 e. The zero-order chi connectivity index (χ0) is 17.1. The van der Waals surface area contributed by atoms with Gasteiger partial charge in [-0.25, -0.2) is 0 Å². The van der Waals surface area contributed by atoms with Crippen LogP contribution in [0.1, 0.15) is 6.92 Å². The Morgan fingerprint density at radius 3 is 2.24 bits per heavy atom. The Balaban J connectivity index is 1.62. The molecular formula is C17H13N5O3. The monoisotopic (exact) mass is 335 g/mol. The number of hydrogen-bond donors (Lipinski definition) is 0. The van der Waals surface area contributed by atoms with Crippen LogP contribution in [0.5, 0.6) is 5.75 Å². The first kappa shape index (κ1) is 15.0.